The van der Waals surface area contributed by atoms with E-state index >= 15 is 0 Å². The maximum atomic E-state index is 9.98. The Balaban J connectivity index is 2.79. The summed E-state index contributed by atoms with van der Waals surface area (Å²) in [5.74, 6) is 0.706. The molecule has 1 heterocycles. The number of anilines is 1. The Morgan fingerprint density at radius 1 is 1.70 bits per heavy atom. The molecule has 0 saturated heterocycles. The zero-order valence-electron chi connectivity index (χ0n) is 5.46. The summed E-state index contributed by atoms with van der Waals surface area (Å²) in [6.07, 6.45) is 0.630. The van der Waals surface area contributed by atoms with Crippen LogP contribution in [0, 0.1) is 0 Å². The van der Waals surface area contributed by atoms with Crippen LogP contribution in [0.25, 0.3) is 0 Å². The van der Waals surface area contributed by atoms with Crippen LogP contribution in [-0.4, -0.2) is 13.5 Å². The Morgan fingerprint density at radius 3 is 3.10 bits per heavy atom. The molecule has 0 bridgehead atoms. The maximum absolute atomic E-state index is 9.98. The zero-order chi connectivity index (χ0) is 7.40. The van der Waals surface area contributed by atoms with Crippen LogP contribution in [-0.2, 0) is 4.79 Å². The van der Waals surface area contributed by atoms with E-state index in [9.17, 15) is 4.79 Å². The lowest BCUT2D eigenvalue weighted by molar-refractivity contribution is -0.105. The molecular weight excluding hydrogens is 150 g/mol. The van der Waals surface area contributed by atoms with Crippen molar-refractivity contribution in [2.75, 3.05) is 12.4 Å². The third kappa shape index (κ3) is 1.27. The molecule has 54 valence electrons. The first-order chi connectivity index (χ1) is 4.88. The van der Waals surface area contributed by atoms with Crippen molar-refractivity contribution < 1.29 is 9.53 Å². The largest absolute Gasteiger partial charge is 0.494 e. The highest BCUT2D eigenvalue weighted by molar-refractivity contribution is 7.08. The third-order valence-corrected chi connectivity index (χ3v) is 1.78. The van der Waals surface area contributed by atoms with Crippen LogP contribution in [0.3, 0.4) is 0 Å². The van der Waals surface area contributed by atoms with Gasteiger partial charge in [0.2, 0.25) is 6.41 Å². The van der Waals surface area contributed by atoms with Gasteiger partial charge < -0.3 is 10.1 Å². The van der Waals surface area contributed by atoms with E-state index in [1.807, 2.05) is 10.8 Å². The summed E-state index contributed by atoms with van der Waals surface area (Å²) in [7, 11) is 1.57. The SMILES string of the molecule is COc1cscc1NC=O. The molecule has 10 heavy (non-hydrogen) atoms. The number of amides is 1. The van der Waals surface area contributed by atoms with Crippen LogP contribution >= 0.6 is 11.3 Å². The Hall–Kier alpha value is -1.03. The number of carbonyl (C=O) groups excluding carboxylic acids is 1. The Bertz CT molecular complexity index is 221. The second-order valence-electron chi connectivity index (χ2n) is 1.62. The summed E-state index contributed by atoms with van der Waals surface area (Å²) < 4.78 is 4.93. The monoisotopic (exact) mass is 157 g/mol. The van der Waals surface area contributed by atoms with Gasteiger partial charge in [-0.1, -0.05) is 0 Å². The average molecular weight is 157 g/mol. The van der Waals surface area contributed by atoms with Gasteiger partial charge in [0.25, 0.3) is 0 Å². The molecule has 4 heteroatoms. The second-order valence-corrected chi connectivity index (χ2v) is 2.36. The topological polar surface area (TPSA) is 38.3 Å². The first-order valence-electron chi connectivity index (χ1n) is 2.69. The number of hydrogen-bond donors (Lipinski definition) is 1. The molecule has 0 radical (unpaired) electrons. The minimum Gasteiger partial charge on any atom is -0.494 e. The van der Waals surface area contributed by atoms with Crippen molar-refractivity contribution in [1.82, 2.24) is 0 Å². The molecule has 1 aromatic rings. The van der Waals surface area contributed by atoms with E-state index in [0.717, 1.165) is 5.69 Å². The standard InChI is InChI=1S/C6H7NO2S/c1-9-6-3-10-2-5(6)7-4-8/h2-4H,1H3,(H,7,8). The highest BCUT2D eigenvalue weighted by atomic mass is 32.1. The fraction of sp³-hybridized carbons (Fsp3) is 0.167. The molecule has 1 amide bonds. The molecule has 1 N–H and O–H groups in total. The first-order valence-corrected chi connectivity index (χ1v) is 3.63. The summed E-state index contributed by atoms with van der Waals surface area (Å²) in [5.41, 5.74) is 0.725. The summed E-state index contributed by atoms with van der Waals surface area (Å²) in [4.78, 5) is 9.98. The van der Waals surface area contributed by atoms with Gasteiger partial charge in [-0.3, -0.25) is 4.79 Å². The Morgan fingerprint density at radius 2 is 2.50 bits per heavy atom. The van der Waals surface area contributed by atoms with Crippen LogP contribution in [0.2, 0.25) is 0 Å². The number of rotatable bonds is 3. The molecule has 3 nitrogen and oxygen atoms in total. The summed E-state index contributed by atoms with van der Waals surface area (Å²) in [5, 5.41) is 6.15. The molecule has 0 fully saturated rings. The minimum atomic E-state index is 0.630. The molecule has 0 unspecified atom stereocenters. The molecule has 0 saturated carbocycles. The number of ether oxygens (including phenoxy) is 1. The molecule has 0 atom stereocenters. The lowest BCUT2D eigenvalue weighted by atomic mass is 10.5. The van der Waals surface area contributed by atoms with Crippen molar-refractivity contribution in [2.24, 2.45) is 0 Å². The number of hydrogen-bond acceptors (Lipinski definition) is 3. The van der Waals surface area contributed by atoms with Crippen LogP contribution in [0.5, 0.6) is 5.75 Å². The van der Waals surface area contributed by atoms with Gasteiger partial charge >= 0.3 is 0 Å². The highest BCUT2D eigenvalue weighted by Crippen LogP contribution is 2.27. The number of nitrogens with one attached hydrogen (secondary N) is 1. The van der Waals surface area contributed by atoms with Gasteiger partial charge in [-0.15, -0.1) is 11.3 Å². The fourth-order valence-corrected chi connectivity index (χ4v) is 1.35. The van der Waals surface area contributed by atoms with Gasteiger partial charge in [0.1, 0.15) is 0 Å². The Labute approximate surface area is 62.6 Å². The molecule has 0 aliphatic rings. The van der Waals surface area contributed by atoms with Crippen LogP contribution < -0.4 is 10.1 Å². The lowest BCUT2D eigenvalue weighted by Gasteiger charge is -1.97. The highest BCUT2D eigenvalue weighted by Gasteiger charge is 2.00. The average Bonchev–Trinajstić information content (AvgIpc) is 2.36. The summed E-state index contributed by atoms with van der Waals surface area (Å²) >= 11 is 1.48. The van der Waals surface area contributed by atoms with Crippen molar-refractivity contribution in [2.45, 2.75) is 0 Å². The van der Waals surface area contributed by atoms with Crippen molar-refractivity contribution >= 4 is 23.4 Å². The smallest absolute Gasteiger partial charge is 0.211 e. The fourth-order valence-electron chi connectivity index (χ4n) is 0.612. The minimum absolute atomic E-state index is 0.630. The van der Waals surface area contributed by atoms with E-state index in [2.05, 4.69) is 5.32 Å². The molecular formula is C6H7NO2S. The van der Waals surface area contributed by atoms with Crippen molar-refractivity contribution in [1.29, 1.82) is 0 Å². The van der Waals surface area contributed by atoms with Gasteiger partial charge in [0, 0.05) is 10.8 Å². The van der Waals surface area contributed by atoms with Gasteiger partial charge in [-0.2, -0.15) is 0 Å². The molecule has 0 aromatic carbocycles. The predicted octanol–water partition coefficient (Wildman–Crippen LogP) is 1.32. The molecule has 0 spiro atoms. The quantitative estimate of drug-likeness (QED) is 0.672. The van der Waals surface area contributed by atoms with Crippen LogP contribution in [0.4, 0.5) is 5.69 Å². The van der Waals surface area contributed by atoms with E-state index in [4.69, 9.17) is 4.74 Å². The molecule has 0 aliphatic carbocycles. The zero-order valence-corrected chi connectivity index (χ0v) is 6.27. The summed E-state index contributed by atoms with van der Waals surface area (Å²) in [6, 6.07) is 0. The molecule has 1 aromatic heterocycles. The second kappa shape index (κ2) is 3.22. The Kier molecular flexibility index (Phi) is 2.28. The lowest BCUT2D eigenvalue weighted by Crippen LogP contribution is -1.93. The van der Waals surface area contributed by atoms with E-state index in [1.165, 1.54) is 11.3 Å². The number of thiophene rings is 1. The number of carbonyl (C=O) groups is 1. The van der Waals surface area contributed by atoms with Crippen molar-refractivity contribution in [3.8, 4) is 5.75 Å². The van der Waals surface area contributed by atoms with E-state index in [1.54, 1.807) is 7.11 Å². The van der Waals surface area contributed by atoms with Gasteiger partial charge in [-0.25, -0.2) is 0 Å². The van der Waals surface area contributed by atoms with E-state index in [-0.39, 0.29) is 0 Å². The predicted molar refractivity (Wildman–Crippen MR) is 40.6 cm³/mol. The van der Waals surface area contributed by atoms with E-state index < -0.39 is 0 Å². The van der Waals surface area contributed by atoms with E-state index in [0.29, 0.717) is 12.2 Å². The summed E-state index contributed by atoms with van der Waals surface area (Å²) in [6.45, 7) is 0. The molecule has 0 aliphatic heterocycles. The maximum Gasteiger partial charge on any atom is 0.211 e. The molecule has 1 rings (SSSR count). The first kappa shape index (κ1) is 7.08. The van der Waals surface area contributed by atoms with Crippen LogP contribution in [0.1, 0.15) is 0 Å². The normalized spacial score (nSPS) is 8.90. The van der Waals surface area contributed by atoms with Gasteiger partial charge in [0.05, 0.1) is 12.8 Å². The third-order valence-electron chi connectivity index (χ3n) is 1.06. The van der Waals surface area contributed by atoms with Crippen molar-refractivity contribution in [3.05, 3.63) is 10.8 Å². The van der Waals surface area contributed by atoms with Gasteiger partial charge in [-0.05, 0) is 0 Å². The number of methoxy groups -OCH3 is 1. The van der Waals surface area contributed by atoms with Crippen molar-refractivity contribution in [3.63, 3.8) is 0 Å². The van der Waals surface area contributed by atoms with Crippen LogP contribution in [0.15, 0.2) is 10.8 Å². The van der Waals surface area contributed by atoms with Gasteiger partial charge in [0.15, 0.2) is 5.75 Å².